The Kier molecular flexibility index (Phi) is 6.17. The number of carbonyl (C=O) groups is 1. The molecule has 0 heterocycles. The van der Waals surface area contributed by atoms with Gasteiger partial charge in [0.2, 0.25) is 6.10 Å². The lowest BCUT2D eigenvalue weighted by Gasteiger charge is -2.16. The summed E-state index contributed by atoms with van der Waals surface area (Å²) in [6.45, 7) is 1.36. The third kappa shape index (κ3) is 4.56. The highest BCUT2D eigenvalue weighted by molar-refractivity contribution is 9.10. The molecular weight excluding hydrogens is 364 g/mol. The smallest absolute Gasteiger partial charge is 0.418 e. The van der Waals surface area contributed by atoms with Crippen LogP contribution in [0.15, 0.2) is 53.0 Å². The summed E-state index contributed by atoms with van der Waals surface area (Å²) >= 11 is 3.33. The van der Waals surface area contributed by atoms with Crippen LogP contribution in [-0.4, -0.2) is 19.6 Å². The largest absolute Gasteiger partial charge is 0.496 e. The van der Waals surface area contributed by atoms with Crippen LogP contribution in [0.5, 0.6) is 5.75 Å². The Morgan fingerprint density at radius 1 is 1.17 bits per heavy atom. The number of halogens is 1. The predicted molar refractivity (Wildman–Crippen MR) is 86.5 cm³/mol. The molecule has 1 unspecified atom stereocenters. The average Bonchev–Trinajstić information content (AvgIpc) is 2.59. The number of methoxy groups -OCH3 is 1. The molecule has 23 heavy (non-hydrogen) atoms. The minimum Gasteiger partial charge on any atom is -0.496 e. The van der Waals surface area contributed by atoms with E-state index >= 15 is 0 Å². The Hall–Kier alpha value is -2.34. The van der Waals surface area contributed by atoms with Gasteiger partial charge in [-0.3, -0.25) is 0 Å². The molecule has 1 radical (unpaired) electrons. The number of hydrogen-bond donors (Lipinski definition) is 0. The molecule has 0 amide bonds. The Morgan fingerprint density at radius 3 is 2.52 bits per heavy atom. The van der Waals surface area contributed by atoms with Crippen LogP contribution in [0.2, 0.25) is 0 Å². The molecule has 0 fully saturated rings. The molecule has 6 heteroatoms. The monoisotopic (exact) mass is 377 g/mol. The van der Waals surface area contributed by atoms with Crippen LogP contribution in [0.4, 0.5) is 0 Å². The number of ether oxygens (including phenoxy) is 3. The lowest BCUT2D eigenvalue weighted by Crippen LogP contribution is -2.19. The number of benzene rings is 2. The summed E-state index contributed by atoms with van der Waals surface area (Å²) in [5.74, 6) is -0.269. The van der Waals surface area contributed by atoms with E-state index in [1.807, 2.05) is 24.3 Å². The molecule has 119 valence electrons. The lowest BCUT2D eigenvalue weighted by molar-refractivity contribution is -0.154. The van der Waals surface area contributed by atoms with Gasteiger partial charge in [0.05, 0.1) is 7.11 Å². The number of esters is 1. The quantitative estimate of drug-likeness (QED) is 0.692. The van der Waals surface area contributed by atoms with Crippen molar-refractivity contribution in [3.8, 4) is 5.75 Å². The number of rotatable bonds is 7. The van der Waals surface area contributed by atoms with E-state index in [1.165, 1.54) is 13.6 Å². The third-order valence-corrected chi connectivity index (χ3v) is 3.62. The summed E-state index contributed by atoms with van der Waals surface area (Å²) in [4.78, 5) is 22.9. The zero-order valence-electron chi connectivity index (χ0n) is 12.3. The highest BCUT2D eigenvalue weighted by atomic mass is 79.9. The van der Waals surface area contributed by atoms with Gasteiger partial charge in [-0.2, -0.15) is 0 Å². The maximum Gasteiger partial charge on any atom is 0.418 e. The van der Waals surface area contributed by atoms with Crippen molar-refractivity contribution in [2.75, 3.05) is 7.11 Å². The molecule has 2 rings (SSSR count). The second-order valence-electron chi connectivity index (χ2n) is 4.56. The fourth-order valence-corrected chi connectivity index (χ4v) is 2.24. The summed E-state index contributed by atoms with van der Waals surface area (Å²) in [6, 6.07) is 14.1. The SMILES string of the molecule is COc1ccccc1C(O[C]=O)C(=O)OCc1ccc(Br)cc1. The Bertz CT molecular complexity index is 669. The molecule has 0 aliphatic rings. The highest BCUT2D eigenvalue weighted by Gasteiger charge is 2.27. The van der Waals surface area contributed by atoms with Gasteiger partial charge in [-0.15, -0.1) is 0 Å². The molecule has 0 aliphatic heterocycles. The fourth-order valence-electron chi connectivity index (χ4n) is 1.98. The lowest BCUT2D eigenvalue weighted by atomic mass is 10.1. The maximum absolute atomic E-state index is 12.3. The first-order valence-corrected chi connectivity index (χ1v) is 7.51. The van der Waals surface area contributed by atoms with E-state index in [0.717, 1.165) is 10.0 Å². The van der Waals surface area contributed by atoms with Crippen LogP contribution in [0.1, 0.15) is 17.2 Å². The van der Waals surface area contributed by atoms with Crippen molar-refractivity contribution in [3.05, 3.63) is 64.1 Å². The summed E-state index contributed by atoms with van der Waals surface area (Å²) in [5, 5.41) is 0. The van der Waals surface area contributed by atoms with Gasteiger partial charge in [-0.25, -0.2) is 9.59 Å². The van der Waals surface area contributed by atoms with Crippen LogP contribution in [0.25, 0.3) is 0 Å². The molecule has 1 atom stereocenters. The van der Waals surface area contributed by atoms with Gasteiger partial charge in [0.15, 0.2) is 0 Å². The zero-order chi connectivity index (χ0) is 16.7. The van der Waals surface area contributed by atoms with Crippen molar-refractivity contribution in [2.24, 2.45) is 0 Å². The standard InChI is InChI=1S/C17H14BrO5/c1-21-15-5-3-2-4-14(15)16(23-11-19)17(20)22-10-12-6-8-13(18)9-7-12/h2-9,16H,10H2,1H3. The predicted octanol–water partition coefficient (Wildman–Crippen LogP) is 3.33. The molecule has 0 aliphatic carbocycles. The van der Waals surface area contributed by atoms with E-state index in [9.17, 15) is 9.59 Å². The molecule has 0 N–H and O–H groups in total. The van der Waals surface area contributed by atoms with E-state index in [4.69, 9.17) is 14.2 Å². The van der Waals surface area contributed by atoms with Gasteiger partial charge in [0.25, 0.3) is 0 Å². The summed E-state index contributed by atoms with van der Waals surface area (Å²) < 4.78 is 16.1. The normalized spacial score (nSPS) is 11.4. The average molecular weight is 378 g/mol. The van der Waals surface area contributed by atoms with Gasteiger partial charge < -0.3 is 14.2 Å². The van der Waals surface area contributed by atoms with Gasteiger partial charge in [0, 0.05) is 10.0 Å². The van der Waals surface area contributed by atoms with Crippen molar-refractivity contribution in [2.45, 2.75) is 12.7 Å². The van der Waals surface area contributed by atoms with Crippen LogP contribution in [-0.2, 0) is 25.7 Å². The number of hydrogen-bond acceptors (Lipinski definition) is 5. The van der Waals surface area contributed by atoms with E-state index < -0.39 is 12.1 Å². The van der Waals surface area contributed by atoms with Gasteiger partial charge >= 0.3 is 12.4 Å². The molecule has 5 nitrogen and oxygen atoms in total. The molecule has 0 aromatic heterocycles. The number of carbonyl (C=O) groups excluding carboxylic acids is 2. The summed E-state index contributed by atoms with van der Waals surface area (Å²) in [5.41, 5.74) is 1.22. The highest BCUT2D eigenvalue weighted by Crippen LogP contribution is 2.28. The van der Waals surface area contributed by atoms with E-state index in [1.54, 1.807) is 24.3 Å². The Morgan fingerprint density at radius 2 is 1.87 bits per heavy atom. The van der Waals surface area contributed by atoms with Gasteiger partial charge in [0.1, 0.15) is 12.4 Å². The van der Waals surface area contributed by atoms with Crippen LogP contribution >= 0.6 is 15.9 Å². The van der Waals surface area contributed by atoms with E-state index in [-0.39, 0.29) is 6.61 Å². The van der Waals surface area contributed by atoms with Crippen LogP contribution < -0.4 is 4.74 Å². The first-order valence-electron chi connectivity index (χ1n) is 6.72. The minimum absolute atomic E-state index is 0.0694. The van der Waals surface area contributed by atoms with Crippen LogP contribution in [0, 0.1) is 0 Å². The first-order chi connectivity index (χ1) is 11.2. The van der Waals surface area contributed by atoms with Crippen LogP contribution in [0.3, 0.4) is 0 Å². The van der Waals surface area contributed by atoms with Crippen molar-refractivity contribution in [1.29, 1.82) is 0 Å². The topological polar surface area (TPSA) is 61.8 Å². The fraction of sp³-hybridized carbons (Fsp3) is 0.176. The maximum atomic E-state index is 12.3. The van der Waals surface area contributed by atoms with Gasteiger partial charge in [-0.1, -0.05) is 46.3 Å². The molecular formula is C17H14BrO5. The van der Waals surface area contributed by atoms with Crippen molar-refractivity contribution in [3.63, 3.8) is 0 Å². The Labute approximate surface area is 142 Å². The third-order valence-electron chi connectivity index (χ3n) is 3.10. The molecule has 0 saturated carbocycles. The molecule has 2 aromatic rings. The zero-order valence-corrected chi connectivity index (χ0v) is 13.9. The molecule has 0 spiro atoms. The minimum atomic E-state index is -1.22. The first kappa shape index (κ1) is 17.0. The van der Waals surface area contributed by atoms with Crippen molar-refractivity contribution < 1.29 is 23.8 Å². The van der Waals surface area contributed by atoms with E-state index in [0.29, 0.717) is 11.3 Å². The summed E-state index contributed by atoms with van der Waals surface area (Å²) in [7, 11) is 1.47. The van der Waals surface area contributed by atoms with E-state index in [2.05, 4.69) is 15.9 Å². The van der Waals surface area contributed by atoms with Crippen molar-refractivity contribution >= 4 is 28.4 Å². The van der Waals surface area contributed by atoms with Gasteiger partial charge in [-0.05, 0) is 23.8 Å². The molecule has 0 saturated heterocycles. The molecule has 0 bridgehead atoms. The number of para-hydroxylation sites is 1. The second-order valence-corrected chi connectivity index (χ2v) is 5.47. The Balaban J connectivity index is 2.12. The van der Waals surface area contributed by atoms with Crippen molar-refractivity contribution in [1.82, 2.24) is 0 Å². The summed E-state index contributed by atoms with van der Waals surface area (Å²) in [6.07, 6.45) is -1.22. The second kappa shape index (κ2) is 8.33. The molecule has 2 aromatic carbocycles.